The minimum Gasteiger partial charge on any atom is -0.389 e. The number of nitrogens with zero attached hydrogens (tertiary/aromatic N) is 2. The summed E-state index contributed by atoms with van der Waals surface area (Å²) in [6.07, 6.45) is 4.42. The van der Waals surface area contributed by atoms with Crippen LogP contribution in [0.15, 0.2) is 43.0 Å². The predicted molar refractivity (Wildman–Crippen MR) is 72.3 cm³/mol. The molecule has 18 heavy (non-hydrogen) atoms. The predicted octanol–water partition coefficient (Wildman–Crippen LogP) is 1.36. The second kappa shape index (κ2) is 5.33. The topological polar surface area (TPSA) is 80.9 Å². The van der Waals surface area contributed by atoms with Crippen molar-refractivity contribution >= 4 is 28.8 Å². The second-order valence-corrected chi connectivity index (χ2v) is 3.97. The molecule has 0 atom stereocenters. The SMILES string of the molecule is NC(=S)c1cccc(C(=O)Nc2cncnc2)c1. The van der Waals surface area contributed by atoms with E-state index in [0.717, 1.165) is 0 Å². The van der Waals surface area contributed by atoms with E-state index in [2.05, 4.69) is 15.3 Å². The standard InChI is InChI=1S/C12H10N4OS/c13-11(18)8-2-1-3-9(4-8)12(17)16-10-5-14-7-15-6-10/h1-7H,(H2,13,18)(H,16,17). The molecule has 0 aliphatic rings. The molecule has 2 aromatic rings. The summed E-state index contributed by atoms with van der Waals surface area (Å²) in [6, 6.07) is 6.80. The first-order valence-corrected chi connectivity index (χ1v) is 5.54. The zero-order valence-corrected chi connectivity index (χ0v) is 10.1. The number of hydrogen-bond acceptors (Lipinski definition) is 4. The number of hydrogen-bond donors (Lipinski definition) is 2. The van der Waals surface area contributed by atoms with E-state index in [0.29, 0.717) is 16.8 Å². The smallest absolute Gasteiger partial charge is 0.255 e. The van der Waals surface area contributed by atoms with Crippen molar-refractivity contribution in [2.75, 3.05) is 5.32 Å². The second-order valence-electron chi connectivity index (χ2n) is 3.53. The van der Waals surface area contributed by atoms with Gasteiger partial charge in [-0.2, -0.15) is 0 Å². The number of aromatic nitrogens is 2. The van der Waals surface area contributed by atoms with Gasteiger partial charge >= 0.3 is 0 Å². The summed E-state index contributed by atoms with van der Waals surface area (Å²) in [7, 11) is 0. The molecular formula is C12H10N4OS. The fourth-order valence-electron chi connectivity index (χ4n) is 1.38. The van der Waals surface area contributed by atoms with Crippen LogP contribution in [0.1, 0.15) is 15.9 Å². The van der Waals surface area contributed by atoms with E-state index in [1.165, 1.54) is 18.7 Å². The zero-order chi connectivity index (χ0) is 13.0. The van der Waals surface area contributed by atoms with Crippen molar-refractivity contribution in [2.45, 2.75) is 0 Å². The molecule has 2 rings (SSSR count). The molecule has 0 aliphatic heterocycles. The molecule has 0 saturated carbocycles. The van der Waals surface area contributed by atoms with E-state index >= 15 is 0 Å². The minimum absolute atomic E-state index is 0.257. The summed E-state index contributed by atoms with van der Waals surface area (Å²) in [5.74, 6) is -0.261. The molecule has 0 unspecified atom stereocenters. The highest BCUT2D eigenvalue weighted by Crippen LogP contribution is 2.09. The van der Waals surface area contributed by atoms with Crippen LogP contribution in [0, 0.1) is 0 Å². The number of rotatable bonds is 3. The van der Waals surface area contributed by atoms with Crippen LogP contribution in [0.2, 0.25) is 0 Å². The third-order valence-electron chi connectivity index (χ3n) is 2.23. The van der Waals surface area contributed by atoms with Gasteiger partial charge in [0.05, 0.1) is 18.1 Å². The number of nitrogens with one attached hydrogen (secondary N) is 1. The van der Waals surface area contributed by atoms with E-state index in [4.69, 9.17) is 18.0 Å². The summed E-state index contributed by atoms with van der Waals surface area (Å²) in [5.41, 5.74) is 7.18. The Morgan fingerprint density at radius 2 is 1.89 bits per heavy atom. The van der Waals surface area contributed by atoms with E-state index in [1.807, 2.05) is 0 Å². The monoisotopic (exact) mass is 258 g/mol. The fourth-order valence-corrected chi connectivity index (χ4v) is 1.51. The van der Waals surface area contributed by atoms with Crippen LogP contribution in [-0.4, -0.2) is 20.9 Å². The quantitative estimate of drug-likeness (QED) is 0.812. The molecule has 0 saturated heterocycles. The average molecular weight is 258 g/mol. The average Bonchev–Trinajstić information content (AvgIpc) is 2.40. The number of carbonyl (C=O) groups excluding carboxylic acids is 1. The van der Waals surface area contributed by atoms with Gasteiger partial charge in [0.2, 0.25) is 0 Å². The van der Waals surface area contributed by atoms with Crippen LogP contribution in [0.3, 0.4) is 0 Å². The molecule has 0 aliphatic carbocycles. The lowest BCUT2D eigenvalue weighted by molar-refractivity contribution is 0.102. The number of amides is 1. The number of benzene rings is 1. The zero-order valence-electron chi connectivity index (χ0n) is 9.33. The third kappa shape index (κ3) is 2.86. The maximum absolute atomic E-state index is 11.9. The van der Waals surface area contributed by atoms with E-state index in [1.54, 1.807) is 24.3 Å². The lowest BCUT2D eigenvalue weighted by Gasteiger charge is -2.05. The van der Waals surface area contributed by atoms with Gasteiger partial charge in [0.15, 0.2) is 0 Å². The van der Waals surface area contributed by atoms with Crippen molar-refractivity contribution in [1.29, 1.82) is 0 Å². The molecule has 3 N–H and O–H groups in total. The van der Waals surface area contributed by atoms with E-state index in [9.17, 15) is 4.79 Å². The normalized spacial score (nSPS) is 9.78. The van der Waals surface area contributed by atoms with Crippen molar-refractivity contribution in [2.24, 2.45) is 5.73 Å². The van der Waals surface area contributed by atoms with Crippen molar-refractivity contribution in [3.63, 3.8) is 0 Å². The van der Waals surface area contributed by atoms with Gasteiger partial charge < -0.3 is 11.1 Å². The van der Waals surface area contributed by atoms with Crippen LogP contribution in [-0.2, 0) is 0 Å². The Kier molecular flexibility index (Phi) is 3.59. The highest BCUT2D eigenvalue weighted by atomic mass is 32.1. The van der Waals surface area contributed by atoms with Gasteiger partial charge in [-0.1, -0.05) is 24.4 Å². The van der Waals surface area contributed by atoms with Crippen molar-refractivity contribution in [3.05, 3.63) is 54.1 Å². The number of thiocarbonyl (C=S) groups is 1. The van der Waals surface area contributed by atoms with Gasteiger partial charge in [-0.3, -0.25) is 4.79 Å². The van der Waals surface area contributed by atoms with Gasteiger partial charge in [-0.15, -0.1) is 0 Å². The summed E-state index contributed by atoms with van der Waals surface area (Å²) < 4.78 is 0. The molecule has 5 nitrogen and oxygen atoms in total. The van der Waals surface area contributed by atoms with Gasteiger partial charge in [0.1, 0.15) is 11.3 Å². The first-order chi connectivity index (χ1) is 8.66. The molecule has 1 aromatic carbocycles. The number of carbonyl (C=O) groups is 1. The van der Waals surface area contributed by atoms with Crippen LogP contribution < -0.4 is 11.1 Å². The molecule has 0 spiro atoms. The lowest BCUT2D eigenvalue weighted by Crippen LogP contribution is -2.14. The third-order valence-corrected chi connectivity index (χ3v) is 2.46. The first kappa shape index (κ1) is 12.1. The number of nitrogens with two attached hydrogens (primary N) is 1. The van der Waals surface area contributed by atoms with Crippen molar-refractivity contribution in [3.8, 4) is 0 Å². The molecule has 90 valence electrons. The number of anilines is 1. The molecular weight excluding hydrogens is 248 g/mol. The Balaban J connectivity index is 2.19. The molecule has 1 heterocycles. The molecule has 6 heteroatoms. The highest BCUT2D eigenvalue weighted by Gasteiger charge is 2.07. The molecule has 1 amide bonds. The summed E-state index contributed by atoms with van der Waals surface area (Å²) in [5, 5.41) is 2.68. The Morgan fingerprint density at radius 1 is 1.22 bits per heavy atom. The van der Waals surface area contributed by atoms with Crippen LogP contribution in [0.5, 0.6) is 0 Å². The first-order valence-electron chi connectivity index (χ1n) is 5.13. The molecule has 1 aromatic heterocycles. The molecule has 0 bridgehead atoms. The minimum atomic E-state index is -0.261. The maximum Gasteiger partial charge on any atom is 0.255 e. The van der Waals surface area contributed by atoms with Crippen molar-refractivity contribution < 1.29 is 4.79 Å². The van der Waals surface area contributed by atoms with Gasteiger partial charge in [0.25, 0.3) is 5.91 Å². The molecule has 0 fully saturated rings. The van der Waals surface area contributed by atoms with Gasteiger partial charge in [-0.05, 0) is 12.1 Å². The Labute approximate surface area is 109 Å². The molecule has 0 radical (unpaired) electrons. The summed E-state index contributed by atoms with van der Waals surface area (Å²) >= 11 is 4.86. The Bertz CT molecular complexity index is 586. The summed E-state index contributed by atoms with van der Waals surface area (Å²) in [4.78, 5) is 19.8. The fraction of sp³-hybridized carbons (Fsp3) is 0. The van der Waals surface area contributed by atoms with Gasteiger partial charge in [0, 0.05) is 11.1 Å². The largest absolute Gasteiger partial charge is 0.389 e. The lowest BCUT2D eigenvalue weighted by atomic mass is 10.1. The van der Waals surface area contributed by atoms with E-state index in [-0.39, 0.29) is 10.9 Å². The van der Waals surface area contributed by atoms with Gasteiger partial charge in [-0.25, -0.2) is 9.97 Å². The van der Waals surface area contributed by atoms with Crippen LogP contribution in [0.4, 0.5) is 5.69 Å². The van der Waals surface area contributed by atoms with Crippen LogP contribution in [0.25, 0.3) is 0 Å². The van der Waals surface area contributed by atoms with Crippen molar-refractivity contribution in [1.82, 2.24) is 9.97 Å². The van der Waals surface area contributed by atoms with Crippen LogP contribution >= 0.6 is 12.2 Å². The highest BCUT2D eigenvalue weighted by molar-refractivity contribution is 7.80. The summed E-state index contributed by atoms with van der Waals surface area (Å²) in [6.45, 7) is 0. The Hall–Kier alpha value is -2.34. The maximum atomic E-state index is 11.9. The Morgan fingerprint density at radius 3 is 2.56 bits per heavy atom. The van der Waals surface area contributed by atoms with E-state index < -0.39 is 0 Å².